The molecule has 33 heavy (non-hydrogen) atoms. The molecule has 0 unspecified atom stereocenters. The van der Waals surface area contributed by atoms with E-state index in [1.165, 1.54) is 17.1 Å². The number of anilines is 1. The monoisotopic (exact) mass is 470 g/mol. The molecule has 3 heterocycles. The normalized spacial score (nSPS) is 19.5. The number of benzene rings is 2. The lowest BCUT2D eigenvalue weighted by atomic mass is 10.1. The molecule has 0 spiro atoms. The number of hydrogen-bond acceptors (Lipinski definition) is 9. The number of imide groups is 1. The maximum Gasteiger partial charge on any atom is 0.263 e. The second-order valence-electron chi connectivity index (χ2n) is 7.24. The van der Waals surface area contributed by atoms with Gasteiger partial charge >= 0.3 is 0 Å². The third kappa shape index (κ3) is 3.59. The van der Waals surface area contributed by atoms with E-state index < -0.39 is 29.7 Å². The zero-order valence-corrected chi connectivity index (χ0v) is 17.9. The molecule has 168 valence electrons. The van der Waals surface area contributed by atoms with Crippen molar-refractivity contribution < 1.29 is 23.2 Å². The Bertz CT molecular complexity index is 1280. The number of hydrogen-bond donors (Lipinski definition) is 0. The molecule has 2 amide bonds. The molecule has 0 aliphatic carbocycles. The number of para-hydroxylation sites is 1. The first-order valence-electron chi connectivity index (χ1n) is 10.0. The summed E-state index contributed by atoms with van der Waals surface area (Å²) in [5, 5.41) is 13.0. The molecule has 0 N–H and O–H groups in total. The molecule has 5 rings (SSSR count). The summed E-state index contributed by atoms with van der Waals surface area (Å²) in [5.41, 5.74) is 0.815. The van der Waals surface area contributed by atoms with Crippen molar-refractivity contribution in [2.45, 2.75) is 25.6 Å². The molecular weight excluding hydrogens is 455 g/mol. The highest BCUT2D eigenvalue weighted by atomic mass is 35.5. The van der Waals surface area contributed by atoms with Crippen LogP contribution in [-0.2, 0) is 16.1 Å². The number of amides is 2. The third-order valence-corrected chi connectivity index (χ3v) is 5.50. The molecule has 2 aromatic carbocycles. The summed E-state index contributed by atoms with van der Waals surface area (Å²) in [4.78, 5) is 31.2. The maximum atomic E-state index is 13.5. The quantitative estimate of drug-likeness (QED) is 0.507. The van der Waals surface area contributed by atoms with Crippen LogP contribution in [0.5, 0.6) is 5.75 Å². The van der Waals surface area contributed by atoms with Crippen LogP contribution in [0.1, 0.15) is 12.8 Å². The Morgan fingerprint density at radius 3 is 2.79 bits per heavy atom. The van der Waals surface area contributed by atoms with E-state index in [2.05, 4.69) is 20.5 Å². The number of aromatic nitrogens is 2. The van der Waals surface area contributed by atoms with E-state index in [1.807, 2.05) is 19.1 Å². The molecule has 10 nitrogen and oxygen atoms in total. The predicted molar refractivity (Wildman–Crippen MR) is 113 cm³/mol. The maximum absolute atomic E-state index is 13.5. The number of halogens is 2. The van der Waals surface area contributed by atoms with E-state index in [9.17, 15) is 14.0 Å². The van der Waals surface area contributed by atoms with E-state index in [4.69, 9.17) is 20.9 Å². The SMILES string of the molecule is CCOc1ccccc1-c1noc(CN2N=N[C@H]3C(=O)N(c4ccc(F)c(Cl)c4)C(=O)[C@H]32)n1. The zero-order valence-electron chi connectivity index (χ0n) is 17.2. The molecule has 1 fully saturated rings. The zero-order chi connectivity index (χ0) is 23.1. The topological polar surface area (TPSA) is 113 Å². The second kappa shape index (κ2) is 8.24. The van der Waals surface area contributed by atoms with E-state index in [0.29, 0.717) is 23.7 Å². The number of carbonyl (C=O) groups excluding carboxylic acids is 2. The Kier molecular flexibility index (Phi) is 5.25. The third-order valence-electron chi connectivity index (χ3n) is 5.21. The fourth-order valence-electron chi connectivity index (χ4n) is 3.73. The van der Waals surface area contributed by atoms with Crippen molar-refractivity contribution in [2.24, 2.45) is 10.3 Å². The van der Waals surface area contributed by atoms with Crippen molar-refractivity contribution in [3.63, 3.8) is 0 Å². The van der Waals surface area contributed by atoms with Crippen molar-refractivity contribution >= 4 is 29.1 Å². The van der Waals surface area contributed by atoms with Crippen LogP contribution in [0, 0.1) is 5.82 Å². The molecule has 2 atom stereocenters. The molecular formula is C21H16ClFN6O4. The molecule has 1 saturated heterocycles. The van der Waals surface area contributed by atoms with Gasteiger partial charge in [0.25, 0.3) is 11.8 Å². The van der Waals surface area contributed by atoms with E-state index in [-0.39, 0.29) is 23.1 Å². The van der Waals surface area contributed by atoms with Gasteiger partial charge in [0.2, 0.25) is 11.7 Å². The highest BCUT2D eigenvalue weighted by Gasteiger charge is 2.55. The van der Waals surface area contributed by atoms with Crippen LogP contribution in [0.3, 0.4) is 0 Å². The van der Waals surface area contributed by atoms with E-state index in [1.54, 1.807) is 12.1 Å². The van der Waals surface area contributed by atoms with E-state index >= 15 is 0 Å². The molecule has 0 bridgehead atoms. The van der Waals surface area contributed by atoms with Gasteiger partial charge in [0.1, 0.15) is 18.1 Å². The van der Waals surface area contributed by atoms with Crippen molar-refractivity contribution in [1.29, 1.82) is 0 Å². The fourth-order valence-corrected chi connectivity index (χ4v) is 3.91. The fraction of sp³-hybridized carbons (Fsp3) is 0.238. The second-order valence-corrected chi connectivity index (χ2v) is 7.65. The van der Waals surface area contributed by atoms with Crippen LogP contribution in [0.15, 0.2) is 57.3 Å². The van der Waals surface area contributed by atoms with Crippen LogP contribution < -0.4 is 9.64 Å². The molecule has 0 saturated carbocycles. The Balaban J connectivity index is 1.37. The molecule has 0 radical (unpaired) electrons. The molecule has 2 aliphatic heterocycles. The summed E-state index contributed by atoms with van der Waals surface area (Å²) in [6, 6.07) is 8.87. The van der Waals surface area contributed by atoms with Gasteiger partial charge in [-0.25, -0.2) is 9.29 Å². The minimum atomic E-state index is -1.03. The van der Waals surface area contributed by atoms with E-state index in [0.717, 1.165) is 11.0 Å². The number of nitrogens with zero attached hydrogens (tertiary/aromatic N) is 6. The Hall–Kier alpha value is -3.86. The first kappa shape index (κ1) is 21.0. The van der Waals surface area contributed by atoms with Gasteiger partial charge < -0.3 is 9.26 Å². The minimum Gasteiger partial charge on any atom is -0.493 e. The first-order valence-corrected chi connectivity index (χ1v) is 10.4. The van der Waals surface area contributed by atoms with Crippen molar-refractivity contribution in [2.75, 3.05) is 11.5 Å². The highest BCUT2D eigenvalue weighted by molar-refractivity contribution is 6.32. The van der Waals surface area contributed by atoms with Gasteiger partial charge in [-0.2, -0.15) is 10.1 Å². The highest BCUT2D eigenvalue weighted by Crippen LogP contribution is 2.34. The average Bonchev–Trinajstić information content (AvgIpc) is 3.49. The number of ether oxygens (including phenoxy) is 1. The number of fused-ring (bicyclic) bond motifs is 1. The summed E-state index contributed by atoms with van der Waals surface area (Å²) < 4.78 is 24.5. The van der Waals surface area contributed by atoms with Gasteiger partial charge in [0, 0.05) is 0 Å². The van der Waals surface area contributed by atoms with Gasteiger partial charge in [0.05, 0.1) is 22.9 Å². The largest absolute Gasteiger partial charge is 0.493 e. The predicted octanol–water partition coefficient (Wildman–Crippen LogP) is 3.42. The van der Waals surface area contributed by atoms with Gasteiger partial charge in [-0.1, -0.05) is 34.1 Å². The number of carbonyl (C=O) groups is 2. The van der Waals surface area contributed by atoms with Crippen molar-refractivity contribution in [1.82, 2.24) is 15.1 Å². The smallest absolute Gasteiger partial charge is 0.263 e. The van der Waals surface area contributed by atoms with Crippen LogP contribution in [-0.4, -0.2) is 45.7 Å². The molecule has 1 aromatic heterocycles. The Labute approximate surface area is 191 Å². The molecule has 2 aliphatic rings. The standard InChI is InChI=1S/C21H16ClFN6O4/c1-2-32-15-6-4-3-5-12(15)19-24-16(33-26-19)10-28-18-17(25-27-28)20(30)29(21(18)31)11-7-8-14(23)13(22)9-11/h3-9,17-18H,2,10H2,1H3/t17-,18+/m1/s1. The number of rotatable bonds is 6. The van der Waals surface area contributed by atoms with Crippen LogP contribution in [0.2, 0.25) is 5.02 Å². The minimum absolute atomic E-state index is 0.0362. The summed E-state index contributed by atoms with van der Waals surface area (Å²) >= 11 is 5.81. The Morgan fingerprint density at radius 2 is 2.00 bits per heavy atom. The van der Waals surface area contributed by atoms with Crippen molar-refractivity contribution in [3.8, 4) is 17.1 Å². The van der Waals surface area contributed by atoms with Gasteiger partial charge in [-0.3, -0.25) is 14.6 Å². The summed E-state index contributed by atoms with van der Waals surface area (Å²) in [5.74, 6) is -0.676. The summed E-state index contributed by atoms with van der Waals surface area (Å²) in [7, 11) is 0. The van der Waals surface area contributed by atoms with Crippen LogP contribution >= 0.6 is 11.6 Å². The lowest BCUT2D eigenvalue weighted by Crippen LogP contribution is -2.39. The summed E-state index contributed by atoms with van der Waals surface area (Å²) in [6.45, 7) is 2.31. The van der Waals surface area contributed by atoms with Gasteiger partial charge in [0.15, 0.2) is 12.1 Å². The average molecular weight is 471 g/mol. The van der Waals surface area contributed by atoms with Gasteiger partial charge in [-0.05, 0) is 37.3 Å². The van der Waals surface area contributed by atoms with Crippen molar-refractivity contribution in [3.05, 3.63) is 59.2 Å². The molecule has 12 heteroatoms. The molecule has 3 aromatic rings. The summed E-state index contributed by atoms with van der Waals surface area (Å²) in [6.07, 6.45) is 0. The Morgan fingerprint density at radius 1 is 1.18 bits per heavy atom. The van der Waals surface area contributed by atoms with Crippen LogP contribution in [0.4, 0.5) is 10.1 Å². The van der Waals surface area contributed by atoms with Gasteiger partial charge in [-0.15, -0.1) is 0 Å². The lowest BCUT2D eigenvalue weighted by Gasteiger charge is -2.19. The lowest BCUT2D eigenvalue weighted by molar-refractivity contribution is -0.123. The van der Waals surface area contributed by atoms with Crippen LogP contribution in [0.25, 0.3) is 11.4 Å². The first-order chi connectivity index (χ1) is 16.0.